The van der Waals surface area contributed by atoms with E-state index in [4.69, 9.17) is 9.26 Å². The zero-order valence-electron chi connectivity index (χ0n) is 10.4. The van der Waals surface area contributed by atoms with E-state index in [0.717, 1.165) is 0 Å². The van der Waals surface area contributed by atoms with Crippen molar-refractivity contribution in [2.75, 3.05) is 14.2 Å². The fourth-order valence-corrected chi connectivity index (χ4v) is 3.64. The van der Waals surface area contributed by atoms with Gasteiger partial charge in [0.2, 0.25) is 0 Å². The van der Waals surface area contributed by atoms with E-state index in [2.05, 4.69) is 0 Å². The van der Waals surface area contributed by atoms with Crippen LogP contribution >= 0.6 is 7.37 Å². The molecular weight excluding hydrogens is 258 g/mol. The van der Waals surface area contributed by atoms with Crippen LogP contribution in [0.3, 0.4) is 0 Å². The van der Waals surface area contributed by atoms with Gasteiger partial charge in [-0.3, -0.25) is 4.57 Å². The molecule has 5 heteroatoms. The molecule has 0 saturated heterocycles. The predicted octanol–water partition coefficient (Wildman–Crippen LogP) is 1.39. The van der Waals surface area contributed by atoms with Gasteiger partial charge in [-0.1, -0.05) is 24.3 Å². The first-order valence-corrected chi connectivity index (χ1v) is 7.19. The highest BCUT2D eigenvalue weighted by atomic mass is 31.2. The highest BCUT2D eigenvalue weighted by Crippen LogP contribution is 2.43. The quantitative estimate of drug-likeness (QED) is 0.625. The molecule has 2 aromatic rings. The van der Waals surface area contributed by atoms with Crippen LogP contribution in [0.2, 0.25) is 0 Å². The fourth-order valence-electron chi connectivity index (χ4n) is 1.78. The molecule has 0 aliphatic carbocycles. The minimum absolute atomic E-state index is 0. The van der Waals surface area contributed by atoms with Crippen molar-refractivity contribution >= 4 is 26.4 Å². The molecule has 0 aromatic heterocycles. The normalized spacial score (nSPS) is 13.2. The maximum atomic E-state index is 13.0. The minimum Gasteiger partial charge on any atom is -0.497 e. The molecule has 0 amide bonds. The van der Waals surface area contributed by atoms with Gasteiger partial charge in [0.25, 0.3) is 7.37 Å². The Morgan fingerprint density at radius 1 is 0.895 bits per heavy atom. The summed E-state index contributed by atoms with van der Waals surface area (Å²) in [5.41, 5.74) is 0. The second-order valence-electron chi connectivity index (χ2n) is 3.77. The van der Waals surface area contributed by atoms with Crippen LogP contribution in [0.5, 0.6) is 5.75 Å². The van der Waals surface area contributed by atoms with Crippen molar-refractivity contribution < 1.29 is 13.8 Å². The molecular formula is C14H18BO3P. The molecule has 0 spiro atoms. The summed E-state index contributed by atoms with van der Waals surface area (Å²) in [4.78, 5) is 0. The van der Waals surface area contributed by atoms with Gasteiger partial charge in [-0.15, -0.1) is 0 Å². The van der Waals surface area contributed by atoms with Crippen LogP contribution in [0.4, 0.5) is 0 Å². The van der Waals surface area contributed by atoms with Gasteiger partial charge >= 0.3 is 0 Å². The molecule has 0 heterocycles. The van der Waals surface area contributed by atoms with Gasteiger partial charge in [-0.25, -0.2) is 0 Å². The summed E-state index contributed by atoms with van der Waals surface area (Å²) < 4.78 is 23.4. The Morgan fingerprint density at radius 2 is 1.53 bits per heavy atom. The molecule has 0 bridgehead atoms. The Labute approximate surface area is 115 Å². The van der Waals surface area contributed by atoms with Crippen LogP contribution in [-0.4, -0.2) is 22.6 Å². The molecule has 19 heavy (non-hydrogen) atoms. The monoisotopic (exact) mass is 276 g/mol. The van der Waals surface area contributed by atoms with Gasteiger partial charge in [0.15, 0.2) is 0 Å². The van der Waals surface area contributed by atoms with Crippen LogP contribution in [0.15, 0.2) is 54.6 Å². The largest absolute Gasteiger partial charge is 0.497 e. The summed E-state index contributed by atoms with van der Waals surface area (Å²) in [5, 5.41) is 1.32. The lowest BCUT2D eigenvalue weighted by Crippen LogP contribution is -2.17. The van der Waals surface area contributed by atoms with Crippen molar-refractivity contribution in [1.82, 2.24) is 0 Å². The average molecular weight is 276 g/mol. The van der Waals surface area contributed by atoms with E-state index in [1.54, 1.807) is 19.2 Å². The van der Waals surface area contributed by atoms with Crippen LogP contribution in [0, 0.1) is 0 Å². The molecule has 0 aliphatic heterocycles. The lowest BCUT2D eigenvalue weighted by Gasteiger charge is -2.17. The first-order valence-electron chi connectivity index (χ1n) is 5.57. The average Bonchev–Trinajstić information content (AvgIpc) is 2.47. The maximum absolute atomic E-state index is 13.0. The molecule has 1 unspecified atom stereocenters. The standard InChI is InChI=1S/C14H15O3P.BH3/c1-16-12-7-6-10-14(11-12)18(15,17-2)13-8-4-3-5-9-13;/h3-11H,1-2H3;1H3. The second-order valence-corrected chi connectivity index (χ2v) is 6.27. The number of benzene rings is 2. The fraction of sp³-hybridized carbons (Fsp3) is 0.143. The third-order valence-corrected chi connectivity index (χ3v) is 5.20. The third-order valence-electron chi connectivity index (χ3n) is 2.75. The van der Waals surface area contributed by atoms with Gasteiger partial charge in [-0.05, 0) is 30.3 Å². The van der Waals surface area contributed by atoms with E-state index in [9.17, 15) is 4.57 Å². The highest BCUT2D eigenvalue weighted by molar-refractivity contribution is 7.74. The minimum atomic E-state index is -3.03. The van der Waals surface area contributed by atoms with Crippen molar-refractivity contribution in [3.8, 4) is 5.75 Å². The van der Waals surface area contributed by atoms with Gasteiger partial charge in [0.05, 0.1) is 15.5 Å². The highest BCUT2D eigenvalue weighted by Gasteiger charge is 2.27. The molecule has 2 aromatic carbocycles. The van der Waals surface area contributed by atoms with Crippen LogP contribution < -0.4 is 15.3 Å². The van der Waals surface area contributed by atoms with Crippen LogP contribution in [-0.2, 0) is 9.09 Å². The molecule has 0 fully saturated rings. The Kier molecular flexibility index (Phi) is 5.40. The van der Waals surface area contributed by atoms with Gasteiger partial charge in [0.1, 0.15) is 5.75 Å². The molecule has 0 aliphatic rings. The second kappa shape index (κ2) is 6.60. The van der Waals surface area contributed by atoms with Gasteiger partial charge in [-0.2, -0.15) is 0 Å². The first-order chi connectivity index (χ1) is 8.70. The van der Waals surface area contributed by atoms with E-state index >= 15 is 0 Å². The summed E-state index contributed by atoms with van der Waals surface area (Å²) in [5.74, 6) is 0.667. The summed E-state index contributed by atoms with van der Waals surface area (Å²) in [6.07, 6.45) is 0. The van der Waals surface area contributed by atoms with Crippen molar-refractivity contribution in [3.05, 3.63) is 54.6 Å². The SMILES string of the molecule is B.COc1cccc(P(=O)(OC)c2ccccc2)c1. The number of hydrogen-bond acceptors (Lipinski definition) is 3. The summed E-state index contributed by atoms with van der Waals surface area (Å²) in [7, 11) is 0.0231. The third kappa shape index (κ3) is 3.09. The first kappa shape index (κ1) is 15.6. The summed E-state index contributed by atoms with van der Waals surface area (Å²) in [6.45, 7) is 0. The zero-order chi connectivity index (χ0) is 13.0. The van der Waals surface area contributed by atoms with Crippen LogP contribution in [0.25, 0.3) is 0 Å². The smallest absolute Gasteiger partial charge is 0.261 e. The van der Waals surface area contributed by atoms with E-state index in [1.165, 1.54) is 7.11 Å². The summed E-state index contributed by atoms with van der Waals surface area (Å²) >= 11 is 0. The topological polar surface area (TPSA) is 35.5 Å². The predicted molar refractivity (Wildman–Crippen MR) is 83.3 cm³/mol. The molecule has 0 N–H and O–H groups in total. The number of methoxy groups -OCH3 is 1. The van der Waals surface area contributed by atoms with E-state index < -0.39 is 7.37 Å². The Morgan fingerprint density at radius 3 is 2.11 bits per heavy atom. The van der Waals surface area contributed by atoms with Crippen molar-refractivity contribution in [2.24, 2.45) is 0 Å². The van der Waals surface area contributed by atoms with Gasteiger partial charge < -0.3 is 9.26 Å². The Bertz CT molecular complexity index is 572. The molecule has 0 saturated carbocycles. The lowest BCUT2D eigenvalue weighted by molar-refractivity contribution is 0.409. The molecule has 0 radical (unpaired) electrons. The number of ether oxygens (including phenoxy) is 1. The Hall–Kier alpha value is -1.51. The molecule has 2 rings (SSSR count). The molecule has 3 nitrogen and oxygen atoms in total. The zero-order valence-corrected chi connectivity index (χ0v) is 11.3. The van der Waals surface area contributed by atoms with Crippen molar-refractivity contribution in [3.63, 3.8) is 0 Å². The Balaban J connectivity index is 0.00000180. The maximum Gasteiger partial charge on any atom is 0.261 e. The van der Waals surface area contributed by atoms with E-state index in [-0.39, 0.29) is 8.41 Å². The van der Waals surface area contributed by atoms with Gasteiger partial charge in [0, 0.05) is 17.7 Å². The van der Waals surface area contributed by atoms with Crippen LogP contribution in [0.1, 0.15) is 0 Å². The van der Waals surface area contributed by atoms with Crippen molar-refractivity contribution in [1.29, 1.82) is 0 Å². The number of rotatable bonds is 4. The number of hydrogen-bond donors (Lipinski definition) is 0. The molecule has 100 valence electrons. The van der Waals surface area contributed by atoms with E-state index in [1.807, 2.05) is 42.5 Å². The van der Waals surface area contributed by atoms with E-state index in [0.29, 0.717) is 16.4 Å². The molecule has 1 atom stereocenters. The summed E-state index contributed by atoms with van der Waals surface area (Å²) in [6, 6.07) is 16.4. The lowest BCUT2D eigenvalue weighted by atomic mass is 10.3. The van der Waals surface area contributed by atoms with Crippen molar-refractivity contribution in [2.45, 2.75) is 0 Å².